The summed E-state index contributed by atoms with van der Waals surface area (Å²) < 4.78 is 5.87. The van der Waals surface area contributed by atoms with Gasteiger partial charge >= 0.3 is 0 Å². The molecule has 1 aliphatic rings. The van der Waals surface area contributed by atoms with Crippen LogP contribution in [0.25, 0.3) is 10.9 Å². The molecule has 1 aliphatic heterocycles. The van der Waals surface area contributed by atoms with Gasteiger partial charge in [0.25, 0.3) is 0 Å². The highest BCUT2D eigenvalue weighted by Crippen LogP contribution is 2.37. The molecule has 3 heteroatoms. The molecule has 3 nitrogen and oxygen atoms in total. The molecule has 2 aromatic carbocycles. The van der Waals surface area contributed by atoms with Gasteiger partial charge in [-0.1, -0.05) is 29.8 Å². The molecule has 3 aromatic rings. The first kappa shape index (κ1) is 15.3. The van der Waals surface area contributed by atoms with Crippen molar-refractivity contribution in [2.75, 3.05) is 13.2 Å². The molecule has 1 atom stereocenters. The third-order valence-electron chi connectivity index (χ3n) is 4.93. The van der Waals surface area contributed by atoms with Crippen molar-refractivity contribution >= 4 is 10.9 Å². The molecule has 0 fully saturated rings. The summed E-state index contributed by atoms with van der Waals surface area (Å²) in [5.41, 5.74) is 7.86. The molecule has 0 saturated carbocycles. The predicted molar refractivity (Wildman–Crippen MR) is 98.9 cm³/mol. The van der Waals surface area contributed by atoms with Crippen molar-refractivity contribution in [3.05, 3.63) is 64.3 Å². The summed E-state index contributed by atoms with van der Waals surface area (Å²) in [5.74, 6) is 0.969. The minimum atomic E-state index is 0.156. The summed E-state index contributed by atoms with van der Waals surface area (Å²) in [4.78, 5) is 3.71. The third-order valence-corrected chi connectivity index (χ3v) is 4.93. The highest BCUT2D eigenvalue weighted by atomic mass is 16.5. The van der Waals surface area contributed by atoms with Crippen molar-refractivity contribution in [2.45, 2.75) is 33.2 Å². The number of hydrogen-bond acceptors (Lipinski definition) is 2. The standard InChI is InChI=1S/C21H24N2O/c1-4-24-18-8-6-5-7-16(18)20-21-15(9-10-22-20)17-12-13(2)11-14(3)19(17)23-21/h5-8,11-12,20,22-23H,4,9-10H2,1-3H3. The Morgan fingerprint density at radius 1 is 1.17 bits per heavy atom. The fraction of sp³-hybridized carbons (Fsp3) is 0.333. The van der Waals surface area contributed by atoms with Crippen LogP contribution in [-0.2, 0) is 6.42 Å². The fourth-order valence-corrected chi connectivity index (χ4v) is 3.96. The van der Waals surface area contributed by atoms with Gasteiger partial charge in [-0.15, -0.1) is 0 Å². The number of aromatic nitrogens is 1. The van der Waals surface area contributed by atoms with Crippen LogP contribution in [0.4, 0.5) is 0 Å². The van der Waals surface area contributed by atoms with Gasteiger partial charge in [0.1, 0.15) is 5.75 Å². The van der Waals surface area contributed by atoms with Gasteiger partial charge in [-0.25, -0.2) is 0 Å². The lowest BCUT2D eigenvalue weighted by molar-refractivity contribution is 0.332. The van der Waals surface area contributed by atoms with E-state index in [1.165, 1.54) is 38.9 Å². The summed E-state index contributed by atoms with van der Waals surface area (Å²) in [6.07, 6.45) is 1.06. The van der Waals surface area contributed by atoms with Crippen LogP contribution < -0.4 is 10.1 Å². The van der Waals surface area contributed by atoms with E-state index in [9.17, 15) is 0 Å². The van der Waals surface area contributed by atoms with Gasteiger partial charge in [0.2, 0.25) is 0 Å². The van der Waals surface area contributed by atoms with Gasteiger partial charge in [-0.3, -0.25) is 0 Å². The third kappa shape index (κ3) is 2.40. The number of rotatable bonds is 3. The molecular weight excluding hydrogens is 296 g/mol. The van der Waals surface area contributed by atoms with Crippen LogP contribution in [0.2, 0.25) is 0 Å². The maximum atomic E-state index is 5.87. The van der Waals surface area contributed by atoms with E-state index in [1.807, 2.05) is 13.0 Å². The number of hydrogen-bond donors (Lipinski definition) is 2. The van der Waals surface area contributed by atoms with Gasteiger partial charge in [0, 0.05) is 28.7 Å². The maximum absolute atomic E-state index is 5.87. The highest BCUT2D eigenvalue weighted by Gasteiger charge is 2.27. The molecule has 0 spiro atoms. The molecule has 2 N–H and O–H groups in total. The summed E-state index contributed by atoms with van der Waals surface area (Å²) in [6.45, 7) is 8.06. The van der Waals surface area contributed by atoms with Gasteiger partial charge in [-0.2, -0.15) is 0 Å². The normalized spacial score (nSPS) is 17.0. The van der Waals surface area contributed by atoms with E-state index in [-0.39, 0.29) is 6.04 Å². The quantitative estimate of drug-likeness (QED) is 0.749. The van der Waals surface area contributed by atoms with Crippen LogP contribution >= 0.6 is 0 Å². The second kappa shape index (κ2) is 5.99. The molecule has 1 aromatic heterocycles. The van der Waals surface area contributed by atoms with Crippen molar-refractivity contribution in [1.82, 2.24) is 10.3 Å². The van der Waals surface area contributed by atoms with Crippen LogP contribution in [0.1, 0.15) is 40.9 Å². The van der Waals surface area contributed by atoms with E-state index in [0.29, 0.717) is 6.61 Å². The van der Waals surface area contributed by atoms with Crippen LogP contribution in [0.5, 0.6) is 5.75 Å². The lowest BCUT2D eigenvalue weighted by Crippen LogP contribution is -2.30. The topological polar surface area (TPSA) is 37.0 Å². The Hall–Kier alpha value is -2.26. The van der Waals surface area contributed by atoms with Crippen molar-refractivity contribution in [1.29, 1.82) is 0 Å². The summed E-state index contributed by atoms with van der Waals surface area (Å²) in [5, 5.41) is 5.05. The molecular formula is C21H24N2O. The average molecular weight is 320 g/mol. The van der Waals surface area contributed by atoms with E-state index in [4.69, 9.17) is 4.74 Å². The minimum Gasteiger partial charge on any atom is -0.494 e. The van der Waals surface area contributed by atoms with Crippen LogP contribution in [0, 0.1) is 13.8 Å². The Balaban J connectivity index is 1.90. The van der Waals surface area contributed by atoms with Gasteiger partial charge in [0.15, 0.2) is 0 Å². The highest BCUT2D eigenvalue weighted by molar-refractivity contribution is 5.88. The molecule has 4 rings (SSSR count). The van der Waals surface area contributed by atoms with Gasteiger partial charge in [-0.05, 0) is 50.5 Å². The van der Waals surface area contributed by atoms with Gasteiger partial charge in [0.05, 0.1) is 12.6 Å². The number of aryl methyl sites for hydroxylation is 2. The maximum Gasteiger partial charge on any atom is 0.124 e. The monoisotopic (exact) mass is 320 g/mol. The predicted octanol–water partition coefficient (Wildman–Crippen LogP) is 4.42. The SMILES string of the molecule is CCOc1ccccc1C1NCCc2c1[nH]c1c(C)cc(C)cc21. The van der Waals surface area contributed by atoms with E-state index in [1.54, 1.807) is 0 Å². The van der Waals surface area contributed by atoms with Crippen LogP contribution in [0.15, 0.2) is 36.4 Å². The molecule has 24 heavy (non-hydrogen) atoms. The van der Waals surface area contributed by atoms with E-state index in [0.717, 1.165) is 18.7 Å². The lowest BCUT2D eigenvalue weighted by Gasteiger charge is -2.26. The molecule has 0 bridgehead atoms. The smallest absolute Gasteiger partial charge is 0.124 e. The van der Waals surface area contributed by atoms with Crippen LogP contribution in [-0.4, -0.2) is 18.1 Å². The van der Waals surface area contributed by atoms with Crippen molar-refractivity contribution in [2.24, 2.45) is 0 Å². The van der Waals surface area contributed by atoms with Gasteiger partial charge < -0.3 is 15.0 Å². The minimum absolute atomic E-state index is 0.156. The molecule has 0 aliphatic carbocycles. The number of aromatic amines is 1. The average Bonchev–Trinajstić information content (AvgIpc) is 2.95. The van der Waals surface area contributed by atoms with Crippen LogP contribution in [0.3, 0.4) is 0 Å². The zero-order valence-corrected chi connectivity index (χ0v) is 14.6. The first-order valence-electron chi connectivity index (χ1n) is 8.76. The Morgan fingerprint density at radius 3 is 2.83 bits per heavy atom. The number of benzene rings is 2. The Kier molecular flexibility index (Phi) is 3.81. The number of para-hydroxylation sites is 1. The molecule has 0 radical (unpaired) electrons. The zero-order valence-electron chi connectivity index (χ0n) is 14.6. The van der Waals surface area contributed by atoms with E-state index >= 15 is 0 Å². The molecule has 1 unspecified atom stereocenters. The zero-order chi connectivity index (χ0) is 16.7. The lowest BCUT2D eigenvalue weighted by atomic mass is 9.93. The Labute approximate surface area is 143 Å². The van der Waals surface area contributed by atoms with Crippen molar-refractivity contribution in [3.63, 3.8) is 0 Å². The van der Waals surface area contributed by atoms with Crippen molar-refractivity contribution in [3.8, 4) is 5.75 Å². The molecule has 0 saturated heterocycles. The number of H-pyrrole nitrogens is 1. The molecule has 124 valence electrons. The largest absolute Gasteiger partial charge is 0.494 e. The van der Waals surface area contributed by atoms with E-state index < -0.39 is 0 Å². The fourth-order valence-electron chi connectivity index (χ4n) is 3.96. The Morgan fingerprint density at radius 2 is 2.00 bits per heavy atom. The molecule has 2 heterocycles. The number of ether oxygens (including phenoxy) is 1. The summed E-state index contributed by atoms with van der Waals surface area (Å²) in [6, 6.07) is 13.1. The summed E-state index contributed by atoms with van der Waals surface area (Å²) in [7, 11) is 0. The number of nitrogens with one attached hydrogen (secondary N) is 2. The number of fused-ring (bicyclic) bond motifs is 3. The second-order valence-corrected chi connectivity index (χ2v) is 6.63. The summed E-state index contributed by atoms with van der Waals surface area (Å²) >= 11 is 0. The Bertz CT molecular complexity index is 894. The first-order chi connectivity index (χ1) is 11.7. The first-order valence-corrected chi connectivity index (χ1v) is 8.76. The van der Waals surface area contributed by atoms with Crippen molar-refractivity contribution < 1.29 is 4.74 Å². The second-order valence-electron chi connectivity index (χ2n) is 6.63. The molecule has 0 amide bonds. The van der Waals surface area contributed by atoms with E-state index in [2.05, 4.69) is 54.5 Å².